The third kappa shape index (κ3) is 2.28. The average molecular weight is 266 g/mol. The van der Waals surface area contributed by atoms with Crippen LogP contribution in [0.2, 0.25) is 0 Å². The van der Waals surface area contributed by atoms with Crippen molar-refractivity contribution < 1.29 is 13.9 Å². The fourth-order valence-corrected chi connectivity index (χ4v) is 2.22. The second kappa shape index (κ2) is 4.58. The molecule has 2 heterocycles. The number of halogens is 2. The molecule has 0 unspecified atom stereocenters. The molecule has 1 aliphatic heterocycles. The van der Waals surface area contributed by atoms with E-state index in [1.165, 1.54) is 0 Å². The van der Waals surface area contributed by atoms with Gasteiger partial charge in [0.1, 0.15) is 12.2 Å². The van der Waals surface area contributed by atoms with Crippen molar-refractivity contribution in [1.82, 2.24) is 19.7 Å². The Morgan fingerprint density at radius 1 is 1.21 bits per heavy atom. The van der Waals surface area contributed by atoms with Crippen LogP contribution in [0.1, 0.15) is 11.4 Å². The van der Waals surface area contributed by atoms with Crippen LogP contribution in [-0.2, 0) is 19.6 Å². The van der Waals surface area contributed by atoms with E-state index in [-0.39, 0.29) is 0 Å². The number of phenolic OH excluding ortho intramolecular Hbond substituents is 1. The van der Waals surface area contributed by atoms with Crippen LogP contribution >= 0.6 is 0 Å². The summed E-state index contributed by atoms with van der Waals surface area (Å²) in [7, 11) is 0. The summed E-state index contributed by atoms with van der Waals surface area (Å²) in [6.07, 6.45) is 1.67. The number of hydrogen-bond acceptors (Lipinski definition) is 4. The zero-order valence-electron chi connectivity index (χ0n) is 10.1. The van der Waals surface area contributed by atoms with E-state index in [1.807, 2.05) is 9.47 Å². The monoisotopic (exact) mass is 266 g/mol. The molecule has 1 aliphatic rings. The van der Waals surface area contributed by atoms with E-state index in [2.05, 4.69) is 10.2 Å². The van der Waals surface area contributed by atoms with Crippen molar-refractivity contribution >= 4 is 0 Å². The van der Waals surface area contributed by atoms with Crippen molar-refractivity contribution in [3.05, 3.63) is 41.5 Å². The summed E-state index contributed by atoms with van der Waals surface area (Å²) in [6.45, 7) is 2.51. The Labute approximate surface area is 108 Å². The molecule has 0 bridgehead atoms. The van der Waals surface area contributed by atoms with Crippen LogP contribution in [0.4, 0.5) is 8.78 Å². The Balaban J connectivity index is 1.76. The Hall–Kier alpha value is -2.02. The van der Waals surface area contributed by atoms with Crippen LogP contribution in [0.3, 0.4) is 0 Å². The lowest BCUT2D eigenvalue weighted by molar-refractivity contribution is 0.208. The van der Waals surface area contributed by atoms with Crippen LogP contribution in [0.25, 0.3) is 0 Å². The topological polar surface area (TPSA) is 54.2 Å². The van der Waals surface area contributed by atoms with Crippen molar-refractivity contribution in [3.63, 3.8) is 0 Å². The largest absolute Gasteiger partial charge is 0.503 e. The molecule has 0 fully saturated rings. The van der Waals surface area contributed by atoms with Crippen molar-refractivity contribution in [2.24, 2.45) is 0 Å². The number of aromatic hydroxyl groups is 1. The van der Waals surface area contributed by atoms with Gasteiger partial charge in [0.2, 0.25) is 0 Å². The van der Waals surface area contributed by atoms with Gasteiger partial charge in [-0.1, -0.05) is 0 Å². The van der Waals surface area contributed by atoms with Gasteiger partial charge in [-0.3, -0.25) is 4.90 Å². The summed E-state index contributed by atoms with van der Waals surface area (Å²) in [5.74, 6) is -1.96. The first kappa shape index (κ1) is 12.0. The molecule has 1 N–H and O–H groups in total. The Morgan fingerprint density at radius 3 is 2.68 bits per heavy atom. The predicted molar refractivity (Wildman–Crippen MR) is 62.2 cm³/mol. The molecule has 3 rings (SSSR count). The van der Waals surface area contributed by atoms with E-state index in [9.17, 15) is 8.78 Å². The van der Waals surface area contributed by atoms with Crippen LogP contribution in [0.5, 0.6) is 5.75 Å². The smallest absolute Gasteiger partial charge is 0.187 e. The van der Waals surface area contributed by atoms with E-state index in [1.54, 1.807) is 6.33 Å². The van der Waals surface area contributed by atoms with Crippen molar-refractivity contribution in [3.8, 4) is 5.75 Å². The third-order valence-electron chi connectivity index (χ3n) is 3.20. The zero-order valence-corrected chi connectivity index (χ0v) is 10.1. The number of benzene rings is 1. The van der Waals surface area contributed by atoms with E-state index in [0.29, 0.717) is 18.7 Å². The van der Waals surface area contributed by atoms with Gasteiger partial charge in [-0.25, -0.2) is 8.78 Å². The highest BCUT2D eigenvalue weighted by atomic mass is 19.1. The van der Waals surface area contributed by atoms with Crippen LogP contribution in [-0.4, -0.2) is 31.3 Å². The normalized spacial score (nSPS) is 15.5. The number of fused-ring (bicyclic) bond motifs is 1. The summed E-state index contributed by atoms with van der Waals surface area (Å²) < 4.78 is 28.5. The molecule has 1 aromatic heterocycles. The SMILES string of the molecule is Oc1c(F)cc(CN2CCn3cnnc3C2)cc1F. The van der Waals surface area contributed by atoms with Crippen LogP contribution < -0.4 is 0 Å². The van der Waals surface area contributed by atoms with Gasteiger partial charge < -0.3 is 9.67 Å². The summed E-state index contributed by atoms with van der Waals surface area (Å²) >= 11 is 0. The summed E-state index contributed by atoms with van der Waals surface area (Å²) in [5.41, 5.74) is 0.487. The molecule has 0 spiro atoms. The molecule has 0 atom stereocenters. The molecule has 0 amide bonds. The van der Waals surface area contributed by atoms with Crippen LogP contribution in [0.15, 0.2) is 18.5 Å². The number of rotatable bonds is 2. The molecule has 2 aromatic rings. The average Bonchev–Trinajstić information content (AvgIpc) is 2.83. The molecule has 1 aromatic carbocycles. The fraction of sp³-hybridized carbons (Fsp3) is 0.333. The van der Waals surface area contributed by atoms with E-state index in [0.717, 1.165) is 31.0 Å². The highest BCUT2D eigenvalue weighted by Crippen LogP contribution is 2.23. The number of phenols is 1. The molecule has 0 saturated carbocycles. The van der Waals surface area contributed by atoms with Gasteiger partial charge in [-0.2, -0.15) is 0 Å². The van der Waals surface area contributed by atoms with E-state index < -0.39 is 17.4 Å². The van der Waals surface area contributed by atoms with E-state index in [4.69, 9.17) is 5.11 Å². The number of hydrogen-bond donors (Lipinski definition) is 1. The maximum absolute atomic E-state index is 13.2. The van der Waals surface area contributed by atoms with Crippen molar-refractivity contribution in [2.75, 3.05) is 6.54 Å². The standard InChI is InChI=1S/C12H12F2N4O/c13-9-3-8(4-10(14)12(9)19)5-17-1-2-18-7-15-16-11(18)6-17/h3-4,7,19H,1-2,5-6H2. The predicted octanol–water partition coefficient (Wildman–Crippen LogP) is 1.28. The van der Waals surface area contributed by atoms with Gasteiger partial charge in [0.05, 0.1) is 6.54 Å². The van der Waals surface area contributed by atoms with Gasteiger partial charge in [-0.15, -0.1) is 10.2 Å². The minimum Gasteiger partial charge on any atom is -0.503 e. The molecule has 100 valence electrons. The van der Waals surface area contributed by atoms with E-state index >= 15 is 0 Å². The minimum absolute atomic E-state index is 0.404. The first-order chi connectivity index (χ1) is 9.13. The molecule has 7 heteroatoms. The maximum Gasteiger partial charge on any atom is 0.187 e. The number of aromatic nitrogens is 3. The van der Waals surface area contributed by atoms with Crippen molar-refractivity contribution in [1.29, 1.82) is 0 Å². The Morgan fingerprint density at radius 2 is 1.95 bits per heavy atom. The first-order valence-electron chi connectivity index (χ1n) is 5.89. The molecular weight excluding hydrogens is 254 g/mol. The van der Waals surface area contributed by atoms with Crippen molar-refractivity contribution in [2.45, 2.75) is 19.6 Å². The summed E-state index contributed by atoms with van der Waals surface area (Å²) in [4.78, 5) is 2.02. The minimum atomic E-state index is -0.935. The highest BCUT2D eigenvalue weighted by Gasteiger charge is 2.18. The van der Waals surface area contributed by atoms with Gasteiger partial charge in [0.25, 0.3) is 0 Å². The maximum atomic E-state index is 13.2. The zero-order chi connectivity index (χ0) is 13.4. The quantitative estimate of drug-likeness (QED) is 0.889. The lowest BCUT2D eigenvalue weighted by Gasteiger charge is -2.26. The lowest BCUT2D eigenvalue weighted by Crippen LogP contribution is -2.33. The second-order valence-electron chi connectivity index (χ2n) is 4.56. The summed E-state index contributed by atoms with van der Waals surface area (Å²) in [5, 5.41) is 16.9. The fourth-order valence-electron chi connectivity index (χ4n) is 2.22. The Kier molecular flexibility index (Phi) is 2.90. The van der Waals surface area contributed by atoms with Crippen LogP contribution in [0, 0.1) is 11.6 Å². The molecule has 0 radical (unpaired) electrons. The lowest BCUT2D eigenvalue weighted by atomic mass is 10.1. The number of nitrogens with zero attached hydrogens (tertiary/aromatic N) is 4. The molecule has 0 saturated heterocycles. The third-order valence-corrected chi connectivity index (χ3v) is 3.20. The molecular formula is C12H12F2N4O. The van der Waals surface area contributed by atoms with Gasteiger partial charge in [-0.05, 0) is 17.7 Å². The molecule has 5 nitrogen and oxygen atoms in total. The van der Waals surface area contributed by atoms with Gasteiger partial charge in [0.15, 0.2) is 17.4 Å². The van der Waals surface area contributed by atoms with Gasteiger partial charge >= 0.3 is 0 Å². The first-order valence-corrected chi connectivity index (χ1v) is 5.89. The Bertz CT molecular complexity index is 591. The molecule has 19 heavy (non-hydrogen) atoms. The highest BCUT2D eigenvalue weighted by molar-refractivity contribution is 5.30. The second-order valence-corrected chi connectivity index (χ2v) is 4.56. The molecule has 0 aliphatic carbocycles. The van der Waals surface area contributed by atoms with Gasteiger partial charge in [0, 0.05) is 19.6 Å². The summed E-state index contributed by atoms with van der Waals surface area (Å²) in [6, 6.07) is 2.30.